The van der Waals surface area contributed by atoms with Gasteiger partial charge in [0.25, 0.3) is 0 Å². The molecule has 108 valence electrons. The number of rotatable bonds is 4. The Labute approximate surface area is 120 Å². The number of halogens is 2. The first-order valence-electron chi connectivity index (χ1n) is 6.17. The summed E-state index contributed by atoms with van der Waals surface area (Å²) in [6.45, 7) is 0. The first-order chi connectivity index (χ1) is 9.97. The van der Waals surface area contributed by atoms with Crippen LogP contribution in [0.15, 0.2) is 48.5 Å². The minimum absolute atomic E-state index is 0.302. The lowest BCUT2D eigenvalue weighted by molar-refractivity contribution is -0.131. The standard InChI is InChI=1S/C16H13F2NO2/c1-19(15-5-3-2-4-14(15)18)13-9-11(6-7-16(20)21)8-12(17)10-13/h2-10H,1H3,(H,20,21)/b7-6+. The van der Waals surface area contributed by atoms with E-state index in [1.165, 1.54) is 29.2 Å². The van der Waals surface area contributed by atoms with Gasteiger partial charge in [-0.2, -0.15) is 0 Å². The topological polar surface area (TPSA) is 40.5 Å². The SMILES string of the molecule is CN(c1cc(F)cc(/C=C/C(=O)O)c1)c1ccccc1F. The van der Waals surface area contributed by atoms with Gasteiger partial charge in [0.05, 0.1) is 5.69 Å². The highest BCUT2D eigenvalue weighted by Gasteiger charge is 2.10. The number of hydrogen-bond donors (Lipinski definition) is 1. The Morgan fingerprint density at radius 2 is 1.90 bits per heavy atom. The first-order valence-corrected chi connectivity index (χ1v) is 6.17. The van der Waals surface area contributed by atoms with Crippen molar-refractivity contribution < 1.29 is 18.7 Å². The highest BCUT2D eigenvalue weighted by molar-refractivity contribution is 5.85. The summed E-state index contributed by atoms with van der Waals surface area (Å²) >= 11 is 0. The highest BCUT2D eigenvalue weighted by atomic mass is 19.1. The third-order valence-corrected chi connectivity index (χ3v) is 2.92. The van der Waals surface area contributed by atoms with Gasteiger partial charge in [-0.05, 0) is 42.0 Å². The molecule has 2 aromatic carbocycles. The largest absolute Gasteiger partial charge is 0.478 e. The van der Waals surface area contributed by atoms with Crippen molar-refractivity contribution in [2.75, 3.05) is 11.9 Å². The van der Waals surface area contributed by atoms with E-state index in [1.807, 2.05) is 0 Å². The van der Waals surface area contributed by atoms with Gasteiger partial charge in [-0.25, -0.2) is 13.6 Å². The lowest BCUT2D eigenvalue weighted by Crippen LogP contribution is -2.11. The van der Waals surface area contributed by atoms with Crippen LogP contribution < -0.4 is 4.90 Å². The molecule has 0 atom stereocenters. The van der Waals surface area contributed by atoms with E-state index >= 15 is 0 Å². The van der Waals surface area contributed by atoms with E-state index in [0.717, 1.165) is 6.08 Å². The Morgan fingerprint density at radius 1 is 1.19 bits per heavy atom. The second kappa shape index (κ2) is 6.17. The molecule has 0 amide bonds. The quantitative estimate of drug-likeness (QED) is 0.870. The highest BCUT2D eigenvalue weighted by Crippen LogP contribution is 2.27. The Kier molecular flexibility index (Phi) is 4.33. The van der Waals surface area contributed by atoms with Crippen LogP contribution in [-0.4, -0.2) is 18.1 Å². The Hall–Kier alpha value is -2.69. The molecule has 3 nitrogen and oxygen atoms in total. The van der Waals surface area contributed by atoms with Crippen molar-refractivity contribution >= 4 is 23.4 Å². The molecular formula is C16H13F2NO2. The van der Waals surface area contributed by atoms with Gasteiger partial charge < -0.3 is 10.0 Å². The zero-order chi connectivity index (χ0) is 15.4. The lowest BCUT2D eigenvalue weighted by atomic mass is 10.1. The van der Waals surface area contributed by atoms with Crippen molar-refractivity contribution in [3.63, 3.8) is 0 Å². The molecule has 0 aliphatic rings. The number of para-hydroxylation sites is 1. The van der Waals surface area contributed by atoms with E-state index in [9.17, 15) is 13.6 Å². The van der Waals surface area contributed by atoms with Crippen molar-refractivity contribution in [1.29, 1.82) is 0 Å². The van der Waals surface area contributed by atoms with Crippen LogP contribution in [0.4, 0.5) is 20.2 Å². The first kappa shape index (κ1) is 14.7. The summed E-state index contributed by atoms with van der Waals surface area (Å²) in [6.07, 6.45) is 2.20. The molecule has 0 bridgehead atoms. The molecule has 0 aromatic heterocycles. The van der Waals surface area contributed by atoms with E-state index < -0.39 is 17.6 Å². The molecule has 2 aromatic rings. The zero-order valence-corrected chi connectivity index (χ0v) is 11.3. The molecule has 0 unspecified atom stereocenters. The second-order valence-electron chi connectivity index (χ2n) is 4.42. The summed E-state index contributed by atoms with van der Waals surface area (Å²) in [7, 11) is 1.61. The fourth-order valence-electron chi connectivity index (χ4n) is 1.92. The van der Waals surface area contributed by atoms with Gasteiger partial charge in [-0.1, -0.05) is 12.1 Å². The maximum absolute atomic E-state index is 13.8. The van der Waals surface area contributed by atoms with Gasteiger partial charge in [0.15, 0.2) is 0 Å². The van der Waals surface area contributed by atoms with Crippen LogP contribution in [0.25, 0.3) is 6.08 Å². The zero-order valence-electron chi connectivity index (χ0n) is 11.3. The summed E-state index contributed by atoms with van der Waals surface area (Å²) in [5.41, 5.74) is 1.11. The molecule has 21 heavy (non-hydrogen) atoms. The van der Waals surface area contributed by atoms with Crippen molar-refractivity contribution in [3.05, 3.63) is 65.7 Å². The van der Waals surface area contributed by atoms with Crippen LogP contribution in [0.2, 0.25) is 0 Å². The average molecular weight is 289 g/mol. The summed E-state index contributed by atoms with van der Waals surface area (Å²) in [4.78, 5) is 12.0. The third-order valence-electron chi connectivity index (χ3n) is 2.92. The molecule has 5 heteroatoms. The second-order valence-corrected chi connectivity index (χ2v) is 4.42. The van der Waals surface area contributed by atoms with Gasteiger partial charge in [0.1, 0.15) is 11.6 Å². The number of anilines is 2. The summed E-state index contributed by atoms with van der Waals surface area (Å²) in [5.74, 6) is -2.07. The van der Waals surface area contributed by atoms with Crippen molar-refractivity contribution in [2.45, 2.75) is 0 Å². The summed E-state index contributed by atoms with van der Waals surface area (Å²) in [6, 6.07) is 10.2. The van der Waals surface area contributed by atoms with Crippen LogP contribution in [0.5, 0.6) is 0 Å². The van der Waals surface area contributed by atoms with Gasteiger partial charge in [-0.3, -0.25) is 0 Å². The molecule has 0 fully saturated rings. The van der Waals surface area contributed by atoms with E-state index in [0.29, 0.717) is 16.9 Å². The third kappa shape index (κ3) is 3.66. The Balaban J connectivity index is 2.40. The average Bonchev–Trinajstić information content (AvgIpc) is 2.44. The summed E-state index contributed by atoms with van der Waals surface area (Å²) < 4.78 is 27.4. The monoisotopic (exact) mass is 289 g/mol. The fourth-order valence-corrected chi connectivity index (χ4v) is 1.92. The van der Waals surface area contributed by atoms with E-state index in [2.05, 4.69) is 0 Å². The van der Waals surface area contributed by atoms with Gasteiger partial charge in [0, 0.05) is 18.8 Å². The van der Waals surface area contributed by atoms with E-state index in [-0.39, 0.29) is 0 Å². The number of nitrogens with zero attached hydrogens (tertiary/aromatic N) is 1. The number of aliphatic carboxylic acids is 1. The lowest BCUT2D eigenvalue weighted by Gasteiger charge is -2.20. The molecule has 0 saturated heterocycles. The minimum atomic E-state index is -1.12. The normalized spacial score (nSPS) is 10.8. The summed E-state index contributed by atoms with van der Waals surface area (Å²) in [5, 5.41) is 8.60. The van der Waals surface area contributed by atoms with Gasteiger partial charge in [0.2, 0.25) is 0 Å². The van der Waals surface area contributed by atoms with Crippen LogP contribution in [0.1, 0.15) is 5.56 Å². The minimum Gasteiger partial charge on any atom is -0.478 e. The number of carboxylic acids is 1. The number of carboxylic acid groups (broad SMARTS) is 1. The van der Waals surface area contributed by atoms with Crippen molar-refractivity contribution in [2.24, 2.45) is 0 Å². The van der Waals surface area contributed by atoms with Crippen molar-refractivity contribution in [3.8, 4) is 0 Å². The Bertz CT molecular complexity index is 698. The van der Waals surface area contributed by atoms with Crippen LogP contribution in [0, 0.1) is 11.6 Å². The molecule has 1 N–H and O–H groups in total. The number of benzene rings is 2. The number of carbonyl (C=O) groups is 1. The van der Waals surface area contributed by atoms with Crippen LogP contribution in [-0.2, 0) is 4.79 Å². The molecule has 0 aliphatic heterocycles. The number of hydrogen-bond acceptors (Lipinski definition) is 2. The van der Waals surface area contributed by atoms with Gasteiger partial charge >= 0.3 is 5.97 Å². The molecule has 0 spiro atoms. The smallest absolute Gasteiger partial charge is 0.328 e. The Morgan fingerprint density at radius 3 is 2.57 bits per heavy atom. The predicted octanol–water partition coefficient (Wildman–Crippen LogP) is 3.83. The molecule has 2 rings (SSSR count). The molecule has 0 aliphatic carbocycles. The fraction of sp³-hybridized carbons (Fsp3) is 0.0625. The predicted molar refractivity (Wildman–Crippen MR) is 77.5 cm³/mol. The maximum Gasteiger partial charge on any atom is 0.328 e. The maximum atomic E-state index is 13.8. The van der Waals surface area contributed by atoms with Crippen LogP contribution in [0.3, 0.4) is 0 Å². The van der Waals surface area contributed by atoms with E-state index in [1.54, 1.807) is 31.3 Å². The molecule has 0 radical (unpaired) electrons. The van der Waals surface area contributed by atoms with Crippen molar-refractivity contribution in [1.82, 2.24) is 0 Å². The van der Waals surface area contributed by atoms with E-state index in [4.69, 9.17) is 5.11 Å². The molecule has 0 saturated carbocycles. The van der Waals surface area contributed by atoms with Gasteiger partial charge in [-0.15, -0.1) is 0 Å². The molecule has 0 heterocycles. The molecular weight excluding hydrogens is 276 g/mol. The van der Waals surface area contributed by atoms with Crippen LogP contribution >= 0.6 is 0 Å².